The van der Waals surface area contributed by atoms with E-state index in [2.05, 4.69) is 15.9 Å². The van der Waals surface area contributed by atoms with Crippen molar-refractivity contribution in [1.29, 1.82) is 0 Å². The van der Waals surface area contributed by atoms with Gasteiger partial charge in [0.25, 0.3) is 0 Å². The van der Waals surface area contributed by atoms with E-state index >= 15 is 0 Å². The van der Waals surface area contributed by atoms with Crippen molar-refractivity contribution < 1.29 is 0 Å². The molecule has 0 spiro atoms. The maximum Gasteiger partial charge on any atom is 0.0175 e. The van der Waals surface area contributed by atoms with E-state index in [-0.39, 0.29) is 6.15 Å². The van der Waals surface area contributed by atoms with Gasteiger partial charge in [-0.1, -0.05) is 34.1 Å². The van der Waals surface area contributed by atoms with Crippen molar-refractivity contribution in [3.8, 4) is 0 Å². The van der Waals surface area contributed by atoms with Gasteiger partial charge in [0.05, 0.1) is 0 Å². The summed E-state index contributed by atoms with van der Waals surface area (Å²) in [5.41, 5.74) is 0. The Balaban J connectivity index is 0.000000490. The van der Waals surface area contributed by atoms with Crippen LogP contribution in [-0.4, -0.2) is 0 Å². The summed E-state index contributed by atoms with van der Waals surface area (Å²) in [5.74, 6) is 0. The van der Waals surface area contributed by atoms with Crippen LogP contribution in [0, 0.1) is 0 Å². The smallest absolute Gasteiger partial charge is 0.0175 e. The molecule has 0 unspecified atom stereocenters. The highest BCUT2D eigenvalue weighted by atomic mass is 79.9. The third-order valence-corrected chi connectivity index (χ3v) is 1.26. The first-order chi connectivity index (χ1) is 3.39. The molecule has 0 aromatic heterocycles. The zero-order chi connectivity index (χ0) is 5.11. The minimum atomic E-state index is 0. The fourth-order valence-electron chi connectivity index (χ4n) is 0.415. The van der Waals surface area contributed by atoms with Gasteiger partial charge in [-0.2, -0.15) is 0 Å². The Morgan fingerprint density at radius 1 is 1.00 bits per heavy atom. The molecule has 0 aliphatic rings. The highest BCUT2D eigenvalue weighted by Crippen LogP contribution is 2.05. The Bertz CT molecular complexity index is 138. The van der Waals surface area contributed by atoms with Crippen LogP contribution in [0.2, 0.25) is 0 Å². The zero-order valence-electron chi connectivity index (χ0n) is 4.47. The standard InChI is InChI=1S/C6H5Br.H3N/c7-6-4-2-1-3-5-6;/h1-5H;1H3. The maximum absolute atomic E-state index is 3.31. The van der Waals surface area contributed by atoms with Gasteiger partial charge in [0.2, 0.25) is 0 Å². The van der Waals surface area contributed by atoms with Crippen LogP contribution < -0.4 is 6.15 Å². The fourth-order valence-corrected chi connectivity index (χ4v) is 0.720. The van der Waals surface area contributed by atoms with Gasteiger partial charge < -0.3 is 6.15 Å². The van der Waals surface area contributed by atoms with Gasteiger partial charge in [-0.15, -0.1) is 0 Å². The minimum absolute atomic E-state index is 0. The summed E-state index contributed by atoms with van der Waals surface area (Å²) in [5, 5.41) is 0. The van der Waals surface area contributed by atoms with Gasteiger partial charge in [0.1, 0.15) is 0 Å². The van der Waals surface area contributed by atoms with Crippen LogP contribution in [0.5, 0.6) is 0 Å². The molecule has 0 radical (unpaired) electrons. The van der Waals surface area contributed by atoms with E-state index in [1.54, 1.807) is 0 Å². The second-order valence-electron chi connectivity index (χ2n) is 1.30. The Hall–Kier alpha value is -0.340. The van der Waals surface area contributed by atoms with Crippen LogP contribution in [0.3, 0.4) is 0 Å². The van der Waals surface area contributed by atoms with Crippen molar-refractivity contribution in [2.24, 2.45) is 0 Å². The molecule has 2 heteroatoms. The van der Waals surface area contributed by atoms with Crippen molar-refractivity contribution in [2.75, 3.05) is 0 Å². The van der Waals surface area contributed by atoms with Crippen molar-refractivity contribution >= 4 is 15.9 Å². The molecule has 0 amide bonds. The Morgan fingerprint density at radius 3 is 1.75 bits per heavy atom. The summed E-state index contributed by atoms with van der Waals surface area (Å²) in [7, 11) is 0. The first kappa shape index (κ1) is 7.66. The summed E-state index contributed by atoms with van der Waals surface area (Å²) >= 11 is 3.31. The van der Waals surface area contributed by atoms with Crippen LogP contribution in [0.4, 0.5) is 0 Å². The molecule has 0 saturated carbocycles. The first-order valence-corrected chi connectivity index (χ1v) is 2.89. The number of halogens is 1. The summed E-state index contributed by atoms with van der Waals surface area (Å²) < 4.78 is 1.13. The zero-order valence-corrected chi connectivity index (χ0v) is 6.06. The second-order valence-corrected chi connectivity index (χ2v) is 2.21. The normalized spacial score (nSPS) is 7.62. The van der Waals surface area contributed by atoms with Gasteiger partial charge in [0, 0.05) is 4.47 Å². The number of hydrogen-bond acceptors (Lipinski definition) is 1. The number of rotatable bonds is 0. The van der Waals surface area contributed by atoms with E-state index in [1.807, 2.05) is 30.3 Å². The van der Waals surface area contributed by atoms with Gasteiger partial charge in [-0.3, -0.25) is 0 Å². The molecule has 0 bridgehead atoms. The summed E-state index contributed by atoms with van der Waals surface area (Å²) in [6.07, 6.45) is 0. The lowest BCUT2D eigenvalue weighted by Gasteiger charge is -1.80. The predicted octanol–water partition coefficient (Wildman–Crippen LogP) is 2.61. The molecule has 44 valence electrons. The monoisotopic (exact) mass is 173 g/mol. The topological polar surface area (TPSA) is 35.0 Å². The third-order valence-electron chi connectivity index (χ3n) is 0.733. The average Bonchev–Trinajstić information content (AvgIpc) is 1.69. The minimum Gasteiger partial charge on any atom is -0.344 e. The van der Waals surface area contributed by atoms with E-state index in [0.717, 1.165) is 4.47 Å². The quantitative estimate of drug-likeness (QED) is 0.644. The Kier molecular flexibility index (Phi) is 3.48. The van der Waals surface area contributed by atoms with E-state index < -0.39 is 0 Å². The lowest BCUT2D eigenvalue weighted by Crippen LogP contribution is -1.55. The van der Waals surface area contributed by atoms with Crippen LogP contribution in [-0.2, 0) is 0 Å². The SMILES string of the molecule is Brc1ccccc1.N. The molecule has 0 atom stereocenters. The molecule has 1 nitrogen and oxygen atoms in total. The molecule has 0 aliphatic carbocycles. The van der Waals surface area contributed by atoms with Crippen LogP contribution >= 0.6 is 15.9 Å². The Labute approximate surface area is 57.4 Å². The molecule has 3 N–H and O–H groups in total. The lowest BCUT2D eigenvalue weighted by atomic mass is 10.4. The fraction of sp³-hybridized carbons (Fsp3) is 0. The first-order valence-electron chi connectivity index (χ1n) is 2.10. The molecular weight excluding hydrogens is 166 g/mol. The molecule has 1 rings (SSSR count). The highest BCUT2D eigenvalue weighted by Gasteiger charge is 1.74. The summed E-state index contributed by atoms with van der Waals surface area (Å²) in [6.45, 7) is 0. The van der Waals surface area contributed by atoms with Gasteiger partial charge in [-0.25, -0.2) is 0 Å². The largest absolute Gasteiger partial charge is 0.344 e. The molecule has 1 aromatic rings. The molecule has 8 heavy (non-hydrogen) atoms. The molecule has 0 aliphatic heterocycles. The highest BCUT2D eigenvalue weighted by molar-refractivity contribution is 9.10. The van der Waals surface area contributed by atoms with Crippen molar-refractivity contribution in [3.63, 3.8) is 0 Å². The molecule has 0 saturated heterocycles. The van der Waals surface area contributed by atoms with Crippen molar-refractivity contribution in [2.45, 2.75) is 0 Å². The summed E-state index contributed by atoms with van der Waals surface area (Å²) in [6, 6.07) is 9.97. The molecule has 1 aromatic carbocycles. The van der Waals surface area contributed by atoms with Gasteiger partial charge in [0.15, 0.2) is 0 Å². The Morgan fingerprint density at radius 2 is 1.50 bits per heavy atom. The van der Waals surface area contributed by atoms with Crippen LogP contribution in [0.25, 0.3) is 0 Å². The van der Waals surface area contributed by atoms with Crippen LogP contribution in [0.1, 0.15) is 0 Å². The lowest BCUT2D eigenvalue weighted by molar-refractivity contribution is 1.66. The molecular formula is C6H8BrN. The van der Waals surface area contributed by atoms with Crippen molar-refractivity contribution in [1.82, 2.24) is 6.15 Å². The van der Waals surface area contributed by atoms with E-state index in [1.165, 1.54) is 0 Å². The number of hydrogen-bond donors (Lipinski definition) is 1. The van der Waals surface area contributed by atoms with Gasteiger partial charge >= 0.3 is 0 Å². The average molecular weight is 174 g/mol. The predicted molar refractivity (Wildman–Crippen MR) is 39.2 cm³/mol. The molecule has 0 heterocycles. The molecule has 0 fully saturated rings. The van der Waals surface area contributed by atoms with Crippen LogP contribution in [0.15, 0.2) is 34.8 Å². The van der Waals surface area contributed by atoms with Crippen molar-refractivity contribution in [3.05, 3.63) is 34.8 Å². The van der Waals surface area contributed by atoms with E-state index in [9.17, 15) is 0 Å². The third kappa shape index (κ3) is 2.09. The second kappa shape index (κ2) is 3.64. The van der Waals surface area contributed by atoms with Gasteiger partial charge in [-0.05, 0) is 12.1 Å². The summed E-state index contributed by atoms with van der Waals surface area (Å²) in [4.78, 5) is 0. The van der Waals surface area contributed by atoms with E-state index in [4.69, 9.17) is 0 Å². The van der Waals surface area contributed by atoms with E-state index in [0.29, 0.717) is 0 Å². The number of benzene rings is 1. The maximum atomic E-state index is 3.31.